The largest absolute Gasteiger partial charge is 0.497 e. The number of carbonyl (C=O) groups excluding carboxylic acids is 2. The van der Waals surface area contributed by atoms with Gasteiger partial charge in [0, 0.05) is 11.1 Å². The summed E-state index contributed by atoms with van der Waals surface area (Å²) in [4.78, 5) is 25.7. The van der Waals surface area contributed by atoms with Crippen molar-refractivity contribution in [2.75, 3.05) is 19.5 Å². The van der Waals surface area contributed by atoms with Crippen molar-refractivity contribution in [3.05, 3.63) is 74.9 Å². The average Bonchev–Trinajstić information content (AvgIpc) is 3.29. The molecule has 156 valence electrons. The van der Waals surface area contributed by atoms with E-state index in [4.69, 9.17) is 21.1 Å². The molecule has 0 aliphatic carbocycles. The Morgan fingerprint density at radius 1 is 1.03 bits per heavy atom. The van der Waals surface area contributed by atoms with Gasteiger partial charge in [-0.3, -0.25) is 9.59 Å². The van der Waals surface area contributed by atoms with E-state index < -0.39 is 0 Å². The summed E-state index contributed by atoms with van der Waals surface area (Å²) < 4.78 is 10.7. The van der Waals surface area contributed by atoms with Crippen molar-refractivity contribution in [2.45, 2.75) is 13.0 Å². The van der Waals surface area contributed by atoms with E-state index in [1.807, 2.05) is 18.4 Å². The molecule has 0 saturated heterocycles. The maximum Gasteiger partial charge on any atom is 0.265 e. The highest BCUT2D eigenvalue weighted by Gasteiger charge is 2.18. The van der Waals surface area contributed by atoms with Gasteiger partial charge in [-0.1, -0.05) is 17.7 Å². The molecule has 0 radical (unpaired) electrons. The number of hydrogen-bond acceptors (Lipinski definition) is 5. The lowest BCUT2D eigenvalue weighted by atomic mass is 10.1. The highest BCUT2D eigenvalue weighted by Crippen LogP contribution is 2.30. The zero-order chi connectivity index (χ0) is 21.7. The molecule has 2 N–H and O–H groups in total. The van der Waals surface area contributed by atoms with Gasteiger partial charge in [0.25, 0.3) is 11.8 Å². The summed E-state index contributed by atoms with van der Waals surface area (Å²) in [6, 6.07) is 13.3. The minimum Gasteiger partial charge on any atom is -0.497 e. The van der Waals surface area contributed by atoms with E-state index >= 15 is 0 Å². The Morgan fingerprint density at radius 3 is 2.50 bits per heavy atom. The molecular formula is C22H21ClN2O4S. The topological polar surface area (TPSA) is 76.7 Å². The first-order valence-corrected chi connectivity index (χ1v) is 10.4. The zero-order valence-electron chi connectivity index (χ0n) is 16.7. The number of benzene rings is 2. The van der Waals surface area contributed by atoms with E-state index in [-0.39, 0.29) is 17.9 Å². The normalized spacial score (nSPS) is 11.5. The minimum atomic E-state index is -0.345. The summed E-state index contributed by atoms with van der Waals surface area (Å²) >= 11 is 7.53. The molecule has 1 atom stereocenters. The van der Waals surface area contributed by atoms with Crippen LogP contribution in [0.2, 0.25) is 5.02 Å². The van der Waals surface area contributed by atoms with E-state index in [0.29, 0.717) is 32.6 Å². The second-order valence-electron chi connectivity index (χ2n) is 6.43. The quantitative estimate of drug-likeness (QED) is 0.527. The van der Waals surface area contributed by atoms with Crippen LogP contribution in [0.1, 0.15) is 38.6 Å². The Hall–Kier alpha value is -3.03. The summed E-state index contributed by atoms with van der Waals surface area (Å²) in [5, 5.41) is 7.85. The lowest BCUT2D eigenvalue weighted by molar-refractivity contribution is 0.0938. The molecule has 6 nitrogen and oxygen atoms in total. The fourth-order valence-electron chi connectivity index (χ4n) is 2.89. The minimum absolute atomic E-state index is 0.279. The smallest absolute Gasteiger partial charge is 0.265 e. The molecule has 0 saturated carbocycles. The van der Waals surface area contributed by atoms with Gasteiger partial charge in [-0.05, 0) is 54.8 Å². The molecule has 1 unspecified atom stereocenters. The summed E-state index contributed by atoms with van der Waals surface area (Å²) in [6.45, 7) is 1.85. The molecule has 0 bridgehead atoms. The molecule has 2 amide bonds. The Morgan fingerprint density at radius 2 is 1.83 bits per heavy atom. The maximum absolute atomic E-state index is 12.8. The number of halogens is 1. The summed E-state index contributed by atoms with van der Waals surface area (Å²) in [5.41, 5.74) is 1.52. The fraction of sp³-hybridized carbons (Fsp3) is 0.182. The number of hydrogen-bond donors (Lipinski definition) is 2. The van der Waals surface area contributed by atoms with Crippen LogP contribution < -0.4 is 20.1 Å². The van der Waals surface area contributed by atoms with Crippen molar-refractivity contribution < 1.29 is 19.1 Å². The van der Waals surface area contributed by atoms with Crippen molar-refractivity contribution in [1.29, 1.82) is 0 Å². The molecule has 3 rings (SSSR count). The van der Waals surface area contributed by atoms with Crippen LogP contribution in [0.3, 0.4) is 0 Å². The van der Waals surface area contributed by atoms with Crippen molar-refractivity contribution in [2.24, 2.45) is 0 Å². The predicted octanol–water partition coefficient (Wildman–Crippen LogP) is 5.16. The van der Waals surface area contributed by atoms with Crippen LogP contribution in [-0.2, 0) is 0 Å². The van der Waals surface area contributed by atoms with Gasteiger partial charge in [0.05, 0.1) is 35.8 Å². The Balaban J connectivity index is 1.78. The van der Waals surface area contributed by atoms with Crippen molar-refractivity contribution in [1.82, 2.24) is 5.32 Å². The number of nitrogens with one attached hydrogen (secondary N) is 2. The molecule has 0 aliphatic rings. The van der Waals surface area contributed by atoms with Crippen molar-refractivity contribution in [3.8, 4) is 11.5 Å². The van der Waals surface area contributed by atoms with Gasteiger partial charge >= 0.3 is 0 Å². The zero-order valence-corrected chi connectivity index (χ0v) is 18.3. The van der Waals surface area contributed by atoms with E-state index in [0.717, 1.165) is 5.56 Å². The van der Waals surface area contributed by atoms with Crippen LogP contribution >= 0.6 is 22.9 Å². The molecule has 0 fully saturated rings. The summed E-state index contributed by atoms with van der Waals surface area (Å²) in [6.07, 6.45) is 0. The number of anilines is 1. The van der Waals surface area contributed by atoms with Crippen LogP contribution in [-0.4, -0.2) is 26.0 Å². The first-order chi connectivity index (χ1) is 14.4. The highest BCUT2D eigenvalue weighted by atomic mass is 35.5. The Kier molecular flexibility index (Phi) is 6.97. The summed E-state index contributed by atoms with van der Waals surface area (Å²) in [7, 11) is 3.15. The lowest BCUT2D eigenvalue weighted by Crippen LogP contribution is -2.27. The monoisotopic (exact) mass is 444 g/mol. The second kappa shape index (κ2) is 9.65. The molecule has 3 aromatic rings. The number of amides is 2. The van der Waals surface area contributed by atoms with Gasteiger partial charge in [-0.2, -0.15) is 0 Å². The van der Waals surface area contributed by atoms with Crippen LogP contribution in [0.25, 0.3) is 0 Å². The van der Waals surface area contributed by atoms with E-state index in [1.54, 1.807) is 56.7 Å². The second-order valence-corrected chi connectivity index (χ2v) is 7.78. The van der Waals surface area contributed by atoms with Crippen LogP contribution in [0.4, 0.5) is 5.69 Å². The number of rotatable bonds is 7. The molecule has 0 aliphatic heterocycles. The molecular weight excluding hydrogens is 424 g/mol. The predicted molar refractivity (Wildman–Crippen MR) is 119 cm³/mol. The van der Waals surface area contributed by atoms with Crippen molar-refractivity contribution >= 4 is 40.4 Å². The maximum atomic E-state index is 12.8. The van der Waals surface area contributed by atoms with Crippen LogP contribution in [0, 0.1) is 0 Å². The number of thiophene rings is 1. The third-order valence-corrected chi connectivity index (χ3v) is 5.67. The van der Waals surface area contributed by atoms with E-state index in [1.165, 1.54) is 11.3 Å². The van der Waals surface area contributed by atoms with Gasteiger partial charge < -0.3 is 20.1 Å². The van der Waals surface area contributed by atoms with Gasteiger partial charge in [0.1, 0.15) is 11.5 Å². The fourth-order valence-corrected chi connectivity index (χ4v) is 3.67. The lowest BCUT2D eigenvalue weighted by Gasteiger charge is -2.18. The van der Waals surface area contributed by atoms with Gasteiger partial charge in [0.2, 0.25) is 0 Å². The Labute approximate surface area is 183 Å². The molecule has 1 heterocycles. The highest BCUT2D eigenvalue weighted by molar-refractivity contribution is 7.12. The van der Waals surface area contributed by atoms with Crippen molar-refractivity contribution in [3.63, 3.8) is 0 Å². The molecule has 30 heavy (non-hydrogen) atoms. The first-order valence-electron chi connectivity index (χ1n) is 9.10. The standard InChI is InChI=1S/C22H21ClN2O4S/c1-13(16-12-15(28-2)7-9-19(16)29-3)24-21(26)14-6-8-17(23)18(11-14)25-22(27)20-5-4-10-30-20/h4-13H,1-3H3,(H,24,26)(H,25,27). The van der Waals surface area contributed by atoms with Gasteiger partial charge in [-0.25, -0.2) is 0 Å². The molecule has 8 heteroatoms. The first kappa shape index (κ1) is 21.7. The molecule has 2 aromatic carbocycles. The van der Waals surface area contributed by atoms with Gasteiger partial charge in [-0.15, -0.1) is 11.3 Å². The average molecular weight is 445 g/mol. The van der Waals surface area contributed by atoms with Crippen LogP contribution in [0.5, 0.6) is 11.5 Å². The number of ether oxygens (including phenoxy) is 2. The van der Waals surface area contributed by atoms with E-state index in [2.05, 4.69) is 10.6 Å². The third-order valence-electron chi connectivity index (χ3n) is 4.47. The third kappa shape index (κ3) is 4.93. The summed E-state index contributed by atoms with van der Waals surface area (Å²) in [5.74, 6) is 0.718. The number of methoxy groups -OCH3 is 2. The van der Waals surface area contributed by atoms with Gasteiger partial charge in [0.15, 0.2) is 0 Å². The molecule has 1 aromatic heterocycles. The van der Waals surface area contributed by atoms with E-state index in [9.17, 15) is 9.59 Å². The number of carbonyl (C=O) groups is 2. The molecule has 0 spiro atoms. The Bertz CT molecular complexity index is 1050. The van der Waals surface area contributed by atoms with Crippen LogP contribution in [0.15, 0.2) is 53.9 Å². The SMILES string of the molecule is COc1ccc(OC)c(C(C)NC(=O)c2ccc(Cl)c(NC(=O)c3cccs3)c2)c1.